The largest absolute Gasteiger partial charge is 0.512 e. The third-order valence-corrected chi connectivity index (χ3v) is 21.3. The minimum atomic E-state index is -1.65. The van der Waals surface area contributed by atoms with Gasteiger partial charge in [0.2, 0.25) is 41.4 Å². The minimum absolute atomic E-state index is 0.00395. The number of amides is 7. The molecule has 8 atom stereocenters. The Morgan fingerprint density at radius 2 is 1.23 bits per heavy atom. The monoisotopic (exact) mass is 1450 g/mol. The maximum atomic E-state index is 14.7. The molecule has 0 unspecified atom stereocenters. The van der Waals surface area contributed by atoms with E-state index in [9.17, 15) is 78.3 Å². The van der Waals surface area contributed by atoms with Crippen molar-refractivity contribution < 1.29 is 78.3 Å². The van der Waals surface area contributed by atoms with Gasteiger partial charge >= 0.3 is 17.9 Å². The van der Waals surface area contributed by atoms with Crippen LogP contribution in [0, 0.1) is 0 Å². The second-order valence-electron chi connectivity index (χ2n) is 26.3. The molecular weight excluding hydrogens is 1350 g/mol. The van der Waals surface area contributed by atoms with Crippen molar-refractivity contribution in [1.82, 2.24) is 56.0 Å². The molecule has 0 saturated carbocycles. The third kappa shape index (κ3) is 29.3. The van der Waals surface area contributed by atoms with Crippen LogP contribution in [0.15, 0.2) is 60.9 Å². The van der Waals surface area contributed by atoms with Gasteiger partial charge in [0.15, 0.2) is 0 Å². The van der Waals surface area contributed by atoms with Crippen LogP contribution in [0.25, 0.3) is 0 Å². The summed E-state index contributed by atoms with van der Waals surface area (Å²) in [6.45, 7) is 10.9. The predicted octanol–water partition coefficient (Wildman–Crippen LogP) is 1.64. The molecule has 0 aromatic heterocycles. The number of aliphatic hydroxyl groups excluding tert-OH is 2. The van der Waals surface area contributed by atoms with Crippen molar-refractivity contribution in [2.75, 3.05) is 115 Å². The first-order chi connectivity index (χ1) is 47.8. The molecule has 31 heteroatoms. The highest BCUT2D eigenvalue weighted by molar-refractivity contribution is 7.99. The van der Waals surface area contributed by atoms with E-state index in [4.69, 9.17) is 5.73 Å². The van der Waals surface area contributed by atoms with Crippen molar-refractivity contribution >= 4 is 100 Å². The molecule has 0 aliphatic carbocycles. The zero-order valence-electron chi connectivity index (χ0n) is 57.7. The van der Waals surface area contributed by atoms with Crippen molar-refractivity contribution in [1.29, 1.82) is 0 Å². The zero-order valence-corrected chi connectivity index (χ0v) is 60.1. The molecule has 4 heterocycles. The number of nitrogens with two attached hydrogens (primary N) is 1. The van der Waals surface area contributed by atoms with Gasteiger partial charge in [0.1, 0.15) is 36.0 Å². The number of primary amides is 1. The molecule has 4 aliphatic heterocycles. The molecule has 3 fully saturated rings. The number of aliphatic hydroxyl groups is 2. The van der Waals surface area contributed by atoms with E-state index in [1.807, 2.05) is 21.9 Å². The van der Waals surface area contributed by atoms with Crippen molar-refractivity contribution in [2.24, 2.45) is 5.73 Å². The van der Waals surface area contributed by atoms with Crippen LogP contribution in [-0.4, -0.2) is 284 Å². The lowest BCUT2D eigenvalue weighted by Gasteiger charge is -2.33. The number of carbonyl (C=O) groups excluding carboxylic acids is 8. The number of benzene rings is 2. The number of hydrogen-bond donors (Lipinski definition) is 11. The highest BCUT2D eigenvalue weighted by atomic mass is 32.2. The molecule has 3 saturated heterocycles. The van der Waals surface area contributed by atoms with Crippen LogP contribution in [0.2, 0.25) is 0 Å². The number of fused-ring (bicyclic) bond motifs is 4. The Morgan fingerprint density at radius 3 is 1.82 bits per heavy atom. The van der Waals surface area contributed by atoms with Crippen LogP contribution < -0.4 is 32.3 Å². The summed E-state index contributed by atoms with van der Waals surface area (Å²) in [7, 11) is 0. The molecule has 2 bridgehead atoms. The number of nitrogens with zero attached hydrogens (tertiary/aromatic N) is 6. The number of carboxylic acids is 3. The van der Waals surface area contributed by atoms with Gasteiger partial charge in [-0.2, -0.15) is 35.3 Å². The lowest BCUT2D eigenvalue weighted by atomic mass is 10.0. The average Bonchev–Trinajstić information content (AvgIpc) is 1.63. The van der Waals surface area contributed by atoms with Crippen LogP contribution in [-0.2, 0) is 76.4 Å². The molecule has 554 valence electrons. The number of Topliss-reactive ketones (excluding diaryl/α,β-unsaturated/α-hetero) is 1. The number of rotatable bonds is 26. The molecular formula is C69H104N12O16S3. The van der Waals surface area contributed by atoms with E-state index in [0.717, 1.165) is 29.5 Å². The predicted molar refractivity (Wildman–Crippen MR) is 383 cm³/mol. The summed E-state index contributed by atoms with van der Waals surface area (Å²) in [6.07, 6.45) is 3.21. The molecule has 12 N–H and O–H groups in total. The Hall–Kier alpha value is -6.84. The smallest absolute Gasteiger partial charge is 0.327 e. The Bertz CT molecular complexity index is 3050. The van der Waals surface area contributed by atoms with E-state index in [1.54, 1.807) is 63.7 Å². The fourth-order valence-electron chi connectivity index (χ4n) is 12.8. The van der Waals surface area contributed by atoms with Gasteiger partial charge in [0, 0.05) is 120 Å². The number of nitrogens with one attached hydrogen (secondary N) is 5. The first-order valence-electron chi connectivity index (χ1n) is 34.7. The molecule has 2 aromatic carbocycles. The van der Waals surface area contributed by atoms with Gasteiger partial charge in [0.25, 0.3) is 0 Å². The standard InChI is InChI=1S/C69H104N12O16S3/c1-4-5-7-18-60(86)71-52-37-80-21-10-17-58(80)68(95)81-22-11-16-57(81)66(93)75-63(47(3)83)67(94)72-54(19-20-59(70)85)64(91)73-55(35-48-13-8-6-9-14-48)65(92)74-56(69(96)97)45-100-43-51-33-49(32-50(34-51)42-99-44-52)41-98-31-12-15-53(84)38-77-25-23-76(36-46(2)82)24-27-78(39-61(87)88)29-30-79(28-26-77)40-62(89)90/h6,8-9,13-14,32-34,47,52,54-58,63,82-83H,2,4-5,7,10-12,15-31,35-45H2,1,3H3,(H2,70,85)(H,71,86)(H,72,94)(H,73,91)(H,74,92)(H,75,93)(H,87,88)(H,89,90)(H,96,97)/t47-,52-,54+,55+,56+,57+,58+,63+/m1/s1. The van der Waals surface area contributed by atoms with Crippen molar-refractivity contribution in [2.45, 2.75) is 163 Å². The number of carboxylic acid groups (broad SMARTS) is 3. The van der Waals surface area contributed by atoms with E-state index < -0.39 is 96.2 Å². The molecule has 6 rings (SSSR count). The van der Waals surface area contributed by atoms with E-state index >= 15 is 0 Å². The van der Waals surface area contributed by atoms with E-state index in [1.165, 1.54) is 23.6 Å². The topological polar surface area (TPSA) is 395 Å². The van der Waals surface area contributed by atoms with Crippen LogP contribution in [0.1, 0.15) is 113 Å². The van der Waals surface area contributed by atoms with Crippen molar-refractivity contribution in [3.05, 3.63) is 83.1 Å². The summed E-state index contributed by atoms with van der Waals surface area (Å²) < 4.78 is 0. The van der Waals surface area contributed by atoms with E-state index in [2.05, 4.69) is 51.1 Å². The van der Waals surface area contributed by atoms with Crippen molar-refractivity contribution in [3.63, 3.8) is 0 Å². The minimum Gasteiger partial charge on any atom is -0.512 e. The van der Waals surface area contributed by atoms with Crippen LogP contribution >= 0.6 is 35.3 Å². The number of hydrogen-bond acceptors (Lipinski definition) is 21. The highest BCUT2D eigenvalue weighted by Crippen LogP contribution is 2.28. The summed E-state index contributed by atoms with van der Waals surface area (Å²) in [5.74, 6) is -5.73. The van der Waals surface area contributed by atoms with Crippen LogP contribution in [0.5, 0.6) is 0 Å². The summed E-state index contributed by atoms with van der Waals surface area (Å²) in [5, 5.41) is 64.7. The normalized spacial score (nSPS) is 23.7. The van der Waals surface area contributed by atoms with E-state index in [0.29, 0.717) is 138 Å². The molecule has 7 amide bonds. The van der Waals surface area contributed by atoms with Gasteiger partial charge in [-0.15, -0.1) is 0 Å². The molecule has 4 aliphatic rings. The lowest BCUT2D eigenvalue weighted by molar-refractivity contribution is -0.143. The van der Waals surface area contributed by atoms with Crippen LogP contribution in [0.3, 0.4) is 0 Å². The highest BCUT2D eigenvalue weighted by Gasteiger charge is 2.43. The Kier molecular flexibility index (Phi) is 35.5. The second kappa shape index (κ2) is 43.2. The zero-order chi connectivity index (χ0) is 72.7. The summed E-state index contributed by atoms with van der Waals surface area (Å²) in [5.41, 5.74) is 8.91. The van der Waals surface area contributed by atoms with Gasteiger partial charge in [0.05, 0.1) is 50.1 Å². The van der Waals surface area contributed by atoms with Gasteiger partial charge in [-0.25, -0.2) is 4.79 Å². The number of unbranched alkanes of at least 4 members (excludes halogenated alkanes) is 2. The SMILES string of the molecule is C=C(O)CN1CCN(CC(=O)O)CCN(CC(=O)O)CCN(CC(=O)CCCSCc2cc3cc(c2)CSC[C@@H](C(=O)O)NC(=O)[C@H](Cc2ccccc2)NC(=O)[C@H](CCC(N)=O)NC(=O)[C@H]([C@@H](C)O)NC(=O)[C@@H]2CCCN2C(=O)[C@@H]2CCCN2C[C@@H](NC(=O)CCCCC)CSC3)CC1. The quantitative estimate of drug-likeness (QED) is 0.0471. The lowest BCUT2D eigenvalue weighted by Crippen LogP contribution is -2.61. The Morgan fingerprint density at radius 1 is 0.650 bits per heavy atom. The van der Waals surface area contributed by atoms with Crippen LogP contribution in [0.4, 0.5) is 0 Å². The molecule has 2 aromatic rings. The maximum Gasteiger partial charge on any atom is 0.327 e. The maximum absolute atomic E-state index is 14.7. The molecule has 0 radical (unpaired) electrons. The number of thioether (sulfide) groups is 3. The average molecular weight is 1450 g/mol. The second-order valence-corrected chi connectivity index (χ2v) is 29.5. The molecule has 100 heavy (non-hydrogen) atoms. The van der Waals surface area contributed by atoms with Gasteiger partial charge in [-0.05, 0) is 86.4 Å². The van der Waals surface area contributed by atoms with Gasteiger partial charge in [-0.3, -0.25) is 72.4 Å². The van der Waals surface area contributed by atoms with E-state index in [-0.39, 0.29) is 93.6 Å². The number of ketones is 1. The van der Waals surface area contributed by atoms with Crippen molar-refractivity contribution in [3.8, 4) is 0 Å². The Balaban J connectivity index is 1.24. The third-order valence-electron chi connectivity index (χ3n) is 17.9. The summed E-state index contributed by atoms with van der Waals surface area (Å²) in [4.78, 5) is 159. The Labute approximate surface area is 598 Å². The number of aliphatic carboxylic acids is 3. The molecule has 0 spiro atoms. The summed E-state index contributed by atoms with van der Waals surface area (Å²) >= 11 is 4.52. The van der Waals surface area contributed by atoms with Gasteiger partial charge < -0.3 is 62.8 Å². The summed E-state index contributed by atoms with van der Waals surface area (Å²) in [6, 6.07) is 6.70. The first-order valence-corrected chi connectivity index (χ1v) is 38.2. The fourth-order valence-corrected chi connectivity index (χ4v) is 15.6. The van der Waals surface area contributed by atoms with Gasteiger partial charge in [-0.1, -0.05) is 74.9 Å². The fraction of sp³-hybridized carbons (Fsp3) is 0.638. The first kappa shape index (κ1) is 82.1. The molecule has 28 nitrogen and oxygen atoms in total. The number of carbonyl (C=O) groups is 11.